The Morgan fingerprint density at radius 2 is 1.89 bits per heavy atom. The second kappa shape index (κ2) is 7.49. The van der Waals surface area contributed by atoms with Crippen LogP contribution in [0.3, 0.4) is 0 Å². The van der Waals surface area contributed by atoms with E-state index >= 15 is 0 Å². The van der Waals surface area contributed by atoms with Crippen molar-refractivity contribution in [2.75, 3.05) is 32.7 Å². The fourth-order valence-electron chi connectivity index (χ4n) is 2.45. The lowest BCUT2D eigenvalue weighted by Crippen LogP contribution is -2.46. The van der Waals surface area contributed by atoms with Gasteiger partial charge in [0, 0.05) is 44.2 Å². The van der Waals surface area contributed by atoms with Gasteiger partial charge >= 0.3 is 0 Å². The van der Waals surface area contributed by atoms with E-state index < -0.39 is 0 Å². The number of nitrogens with zero attached hydrogens (tertiary/aromatic N) is 3. The predicted octanol–water partition coefficient (Wildman–Crippen LogP) is 2.76. The second-order valence-electron chi connectivity index (χ2n) is 5.01. The van der Waals surface area contributed by atoms with Crippen molar-refractivity contribution in [3.63, 3.8) is 0 Å². The number of benzene rings is 1. The van der Waals surface area contributed by atoms with Gasteiger partial charge < -0.3 is 4.90 Å². The van der Waals surface area contributed by atoms with E-state index in [2.05, 4.69) is 21.9 Å². The quantitative estimate of drug-likeness (QED) is 0.776. The molecule has 1 aliphatic rings. The molecule has 2 rings (SSSR count). The largest absolute Gasteiger partial charge is 0.301 e. The minimum absolute atomic E-state index is 0.669. The standard InChI is InChI=1S/C15H20ClN3/c16-15-5-3-4-14(12-15)13-19-10-8-18(9-11-19)7-2-1-6-17/h3-5,12H,1-2,7-11,13H2. The van der Waals surface area contributed by atoms with Crippen molar-refractivity contribution in [3.05, 3.63) is 34.9 Å². The molecule has 0 amide bonds. The van der Waals surface area contributed by atoms with Crippen molar-refractivity contribution in [2.24, 2.45) is 0 Å². The van der Waals surface area contributed by atoms with Crippen molar-refractivity contribution in [3.8, 4) is 6.07 Å². The highest BCUT2D eigenvalue weighted by atomic mass is 35.5. The van der Waals surface area contributed by atoms with Gasteiger partial charge in [-0.2, -0.15) is 5.26 Å². The molecule has 0 radical (unpaired) electrons. The van der Waals surface area contributed by atoms with Gasteiger partial charge in [-0.25, -0.2) is 0 Å². The first-order valence-corrected chi connectivity index (χ1v) is 7.22. The molecule has 0 spiro atoms. The number of hydrogen-bond acceptors (Lipinski definition) is 3. The second-order valence-corrected chi connectivity index (χ2v) is 5.45. The van der Waals surface area contributed by atoms with E-state index in [9.17, 15) is 0 Å². The molecule has 1 aromatic carbocycles. The minimum atomic E-state index is 0.669. The van der Waals surface area contributed by atoms with Crippen LogP contribution in [0.2, 0.25) is 5.02 Å². The van der Waals surface area contributed by atoms with Gasteiger partial charge in [0.1, 0.15) is 0 Å². The maximum absolute atomic E-state index is 8.54. The Hall–Kier alpha value is -1.08. The van der Waals surface area contributed by atoms with Crippen LogP contribution in [0.25, 0.3) is 0 Å². The molecular weight excluding hydrogens is 258 g/mol. The molecule has 0 aliphatic carbocycles. The zero-order chi connectivity index (χ0) is 13.5. The van der Waals surface area contributed by atoms with Crippen LogP contribution in [0.1, 0.15) is 18.4 Å². The smallest absolute Gasteiger partial charge is 0.0622 e. The van der Waals surface area contributed by atoms with E-state index in [1.807, 2.05) is 18.2 Å². The van der Waals surface area contributed by atoms with Gasteiger partial charge in [0.15, 0.2) is 0 Å². The predicted molar refractivity (Wildman–Crippen MR) is 78.0 cm³/mol. The summed E-state index contributed by atoms with van der Waals surface area (Å²) in [6, 6.07) is 10.3. The third-order valence-electron chi connectivity index (χ3n) is 3.52. The van der Waals surface area contributed by atoms with Crippen LogP contribution in [0, 0.1) is 11.3 Å². The molecule has 0 saturated carbocycles. The van der Waals surface area contributed by atoms with E-state index in [0.29, 0.717) is 6.42 Å². The van der Waals surface area contributed by atoms with Crippen molar-refractivity contribution in [2.45, 2.75) is 19.4 Å². The molecular formula is C15H20ClN3. The van der Waals surface area contributed by atoms with Gasteiger partial charge in [0.25, 0.3) is 0 Å². The first kappa shape index (κ1) is 14.3. The summed E-state index contributed by atoms with van der Waals surface area (Å²) >= 11 is 6.00. The van der Waals surface area contributed by atoms with Crippen LogP contribution in [0.4, 0.5) is 0 Å². The maximum Gasteiger partial charge on any atom is 0.0622 e. The summed E-state index contributed by atoms with van der Waals surface area (Å²) in [5.41, 5.74) is 1.28. The Bertz CT molecular complexity index is 433. The molecule has 1 heterocycles. The highest BCUT2D eigenvalue weighted by Crippen LogP contribution is 2.14. The van der Waals surface area contributed by atoms with E-state index in [1.54, 1.807) is 0 Å². The van der Waals surface area contributed by atoms with Crippen LogP contribution in [0.5, 0.6) is 0 Å². The molecule has 1 aromatic rings. The average Bonchev–Trinajstić information content (AvgIpc) is 2.41. The maximum atomic E-state index is 8.54. The Labute approximate surface area is 120 Å². The van der Waals surface area contributed by atoms with Crippen molar-refractivity contribution >= 4 is 11.6 Å². The molecule has 0 atom stereocenters. The van der Waals surface area contributed by atoms with Crippen LogP contribution < -0.4 is 0 Å². The fourth-order valence-corrected chi connectivity index (χ4v) is 2.66. The van der Waals surface area contributed by atoms with Gasteiger partial charge in [-0.15, -0.1) is 0 Å². The Kier molecular flexibility index (Phi) is 5.65. The minimum Gasteiger partial charge on any atom is -0.301 e. The monoisotopic (exact) mass is 277 g/mol. The van der Waals surface area contributed by atoms with Crippen LogP contribution in [0.15, 0.2) is 24.3 Å². The van der Waals surface area contributed by atoms with E-state index in [0.717, 1.165) is 50.7 Å². The number of nitriles is 1. The Balaban J connectivity index is 1.73. The molecule has 0 aromatic heterocycles. The lowest BCUT2D eigenvalue weighted by atomic mass is 10.2. The zero-order valence-corrected chi connectivity index (χ0v) is 11.9. The molecule has 19 heavy (non-hydrogen) atoms. The molecule has 0 bridgehead atoms. The van der Waals surface area contributed by atoms with E-state index in [1.165, 1.54) is 5.56 Å². The first-order chi connectivity index (χ1) is 9.28. The van der Waals surface area contributed by atoms with Gasteiger partial charge in [-0.3, -0.25) is 4.90 Å². The van der Waals surface area contributed by atoms with Gasteiger partial charge in [-0.1, -0.05) is 23.7 Å². The summed E-state index contributed by atoms with van der Waals surface area (Å²) in [6.07, 6.45) is 1.66. The van der Waals surface area contributed by atoms with Crippen molar-refractivity contribution in [1.29, 1.82) is 5.26 Å². The molecule has 3 nitrogen and oxygen atoms in total. The summed E-state index contributed by atoms with van der Waals surface area (Å²) in [4.78, 5) is 4.91. The van der Waals surface area contributed by atoms with Crippen molar-refractivity contribution < 1.29 is 0 Å². The molecule has 102 valence electrons. The Morgan fingerprint density at radius 3 is 2.58 bits per heavy atom. The lowest BCUT2D eigenvalue weighted by molar-refractivity contribution is 0.126. The summed E-state index contributed by atoms with van der Waals surface area (Å²) < 4.78 is 0. The van der Waals surface area contributed by atoms with Crippen LogP contribution >= 0.6 is 11.6 Å². The number of hydrogen-bond donors (Lipinski definition) is 0. The highest BCUT2D eigenvalue weighted by molar-refractivity contribution is 6.30. The summed E-state index contributed by atoms with van der Waals surface area (Å²) in [6.45, 7) is 6.43. The number of halogens is 1. The SMILES string of the molecule is N#CCCCN1CCN(Cc2cccc(Cl)c2)CC1. The summed E-state index contributed by atoms with van der Waals surface area (Å²) in [7, 11) is 0. The van der Waals surface area contributed by atoms with Gasteiger partial charge in [-0.05, 0) is 30.7 Å². The normalized spacial score (nSPS) is 17.3. The van der Waals surface area contributed by atoms with Gasteiger partial charge in [0.05, 0.1) is 6.07 Å². The highest BCUT2D eigenvalue weighted by Gasteiger charge is 2.16. The fraction of sp³-hybridized carbons (Fsp3) is 0.533. The first-order valence-electron chi connectivity index (χ1n) is 6.84. The average molecular weight is 278 g/mol. The van der Waals surface area contributed by atoms with E-state index in [4.69, 9.17) is 16.9 Å². The number of unbranched alkanes of at least 4 members (excludes halogenated alkanes) is 1. The molecule has 1 saturated heterocycles. The Morgan fingerprint density at radius 1 is 1.16 bits per heavy atom. The number of piperazine rings is 1. The summed E-state index contributed by atoms with van der Waals surface area (Å²) in [5.74, 6) is 0. The molecule has 0 N–H and O–H groups in total. The molecule has 0 unspecified atom stereocenters. The zero-order valence-electron chi connectivity index (χ0n) is 11.2. The topological polar surface area (TPSA) is 30.3 Å². The third kappa shape index (κ3) is 4.83. The molecule has 1 aliphatic heterocycles. The van der Waals surface area contributed by atoms with Gasteiger partial charge in [0.2, 0.25) is 0 Å². The molecule has 4 heteroatoms. The number of rotatable bonds is 5. The van der Waals surface area contributed by atoms with Crippen LogP contribution in [-0.4, -0.2) is 42.5 Å². The van der Waals surface area contributed by atoms with E-state index in [-0.39, 0.29) is 0 Å². The van der Waals surface area contributed by atoms with Crippen molar-refractivity contribution in [1.82, 2.24) is 9.80 Å². The van der Waals surface area contributed by atoms with Crippen LogP contribution in [-0.2, 0) is 6.54 Å². The molecule has 1 fully saturated rings. The lowest BCUT2D eigenvalue weighted by Gasteiger charge is -2.34. The summed E-state index contributed by atoms with van der Waals surface area (Å²) in [5, 5.41) is 9.35. The third-order valence-corrected chi connectivity index (χ3v) is 3.76.